The Morgan fingerprint density at radius 2 is 1.38 bits per heavy atom. The molecule has 0 bridgehead atoms. The van der Waals surface area contributed by atoms with E-state index in [0.717, 1.165) is 16.7 Å². The number of hydrogen-bond acceptors (Lipinski definition) is 3. The first kappa shape index (κ1) is 21.3. The predicted octanol–water partition coefficient (Wildman–Crippen LogP) is 4.26. The number of hydrazone groups is 1. The number of aliphatic carboxylic acids is 1. The molecule has 6 heteroatoms. The molecule has 1 saturated heterocycles. The van der Waals surface area contributed by atoms with E-state index < -0.39 is 12.0 Å². The fourth-order valence-electron chi connectivity index (χ4n) is 3.88. The molecule has 0 radical (unpaired) electrons. The quantitative estimate of drug-likeness (QED) is 0.573. The first-order chi connectivity index (χ1) is 15.6. The molecule has 4 rings (SSSR count). The fourth-order valence-corrected chi connectivity index (χ4v) is 3.88. The zero-order valence-corrected chi connectivity index (χ0v) is 17.7. The highest BCUT2D eigenvalue weighted by Crippen LogP contribution is 2.19. The smallest absolute Gasteiger partial charge is 0.341 e. The summed E-state index contributed by atoms with van der Waals surface area (Å²) >= 11 is 0. The Labute approximate surface area is 187 Å². The largest absolute Gasteiger partial charge is 0.480 e. The van der Waals surface area contributed by atoms with Crippen LogP contribution in [0.3, 0.4) is 0 Å². The number of carboxylic acids is 1. The van der Waals surface area contributed by atoms with Gasteiger partial charge < -0.3 is 10.0 Å². The number of carbonyl (C=O) groups excluding carboxylic acids is 1. The number of hydrogen-bond donors (Lipinski definition) is 1. The van der Waals surface area contributed by atoms with Crippen LogP contribution in [-0.4, -0.2) is 51.9 Å². The van der Waals surface area contributed by atoms with Crippen molar-refractivity contribution in [2.75, 3.05) is 13.1 Å². The number of benzene rings is 3. The second kappa shape index (κ2) is 9.92. The molecular weight excluding hydrogens is 402 g/mol. The maximum absolute atomic E-state index is 13.3. The van der Waals surface area contributed by atoms with Crippen molar-refractivity contribution in [1.29, 1.82) is 0 Å². The van der Waals surface area contributed by atoms with Crippen molar-refractivity contribution in [3.63, 3.8) is 0 Å². The van der Waals surface area contributed by atoms with Gasteiger partial charge in [-0.3, -0.25) is 0 Å². The van der Waals surface area contributed by atoms with Gasteiger partial charge in [-0.2, -0.15) is 5.10 Å². The molecule has 1 aliphatic rings. The Hall–Kier alpha value is -3.93. The van der Waals surface area contributed by atoms with Gasteiger partial charge in [-0.15, -0.1) is 0 Å². The predicted molar refractivity (Wildman–Crippen MR) is 124 cm³/mol. The molecule has 0 aromatic heterocycles. The highest BCUT2D eigenvalue weighted by atomic mass is 16.4. The number of nitrogens with zero attached hydrogens (tertiary/aromatic N) is 3. The summed E-state index contributed by atoms with van der Waals surface area (Å²) in [6, 6.07) is 27.4. The van der Waals surface area contributed by atoms with Crippen LogP contribution in [0.5, 0.6) is 0 Å². The summed E-state index contributed by atoms with van der Waals surface area (Å²) in [5.41, 5.74) is 3.34. The van der Waals surface area contributed by atoms with Crippen molar-refractivity contribution in [3.8, 4) is 0 Å². The zero-order chi connectivity index (χ0) is 22.3. The van der Waals surface area contributed by atoms with E-state index in [9.17, 15) is 14.7 Å². The molecule has 3 aromatic carbocycles. The van der Waals surface area contributed by atoms with E-state index in [-0.39, 0.29) is 12.5 Å². The van der Waals surface area contributed by atoms with Gasteiger partial charge in [0.05, 0.1) is 5.71 Å². The highest BCUT2D eigenvalue weighted by Gasteiger charge is 2.35. The summed E-state index contributed by atoms with van der Waals surface area (Å²) in [6.07, 6.45) is 0.897. The fraction of sp³-hybridized carbons (Fsp3) is 0.192. The van der Waals surface area contributed by atoms with Gasteiger partial charge in [-0.05, 0) is 12.0 Å². The second-order valence-electron chi connectivity index (χ2n) is 7.68. The lowest BCUT2D eigenvalue weighted by Gasteiger charge is -2.36. The summed E-state index contributed by atoms with van der Waals surface area (Å²) < 4.78 is 0. The normalized spacial score (nSPS) is 14.7. The van der Waals surface area contributed by atoms with E-state index in [1.807, 2.05) is 91.0 Å². The van der Waals surface area contributed by atoms with Crippen LogP contribution >= 0.6 is 0 Å². The average molecular weight is 428 g/mol. The van der Waals surface area contributed by atoms with E-state index in [0.29, 0.717) is 25.2 Å². The molecule has 32 heavy (non-hydrogen) atoms. The number of carboxylic acid groups (broad SMARTS) is 1. The highest BCUT2D eigenvalue weighted by molar-refractivity contribution is 6.13. The summed E-state index contributed by atoms with van der Waals surface area (Å²) in [5.74, 6) is -1.01. The van der Waals surface area contributed by atoms with Crippen LogP contribution in [0.1, 0.15) is 23.1 Å². The molecule has 3 aromatic rings. The van der Waals surface area contributed by atoms with Crippen LogP contribution in [0.4, 0.5) is 4.79 Å². The van der Waals surface area contributed by atoms with Gasteiger partial charge >= 0.3 is 12.0 Å². The molecular formula is C26H25N3O3. The Morgan fingerprint density at radius 3 is 1.91 bits per heavy atom. The number of amides is 2. The van der Waals surface area contributed by atoms with E-state index in [2.05, 4.69) is 0 Å². The Bertz CT molecular complexity index is 1040. The number of rotatable bonds is 7. The van der Waals surface area contributed by atoms with Crippen LogP contribution in [-0.2, 0) is 11.2 Å². The van der Waals surface area contributed by atoms with Gasteiger partial charge in [0.25, 0.3) is 0 Å². The summed E-state index contributed by atoms with van der Waals surface area (Å²) in [7, 11) is 0. The lowest BCUT2D eigenvalue weighted by Crippen LogP contribution is -2.54. The van der Waals surface area contributed by atoms with Crippen LogP contribution in [0.15, 0.2) is 96.1 Å². The molecule has 1 fully saturated rings. The van der Waals surface area contributed by atoms with E-state index in [1.165, 1.54) is 9.91 Å². The van der Waals surface area contributed by atoms with Crippen molar-refractivity contribution < 1.29 is 14.7 Å². The Morgan fingerprint density at radius 1 is 0.844 bits per heavy atom. The van der Waals surface area contributed by atoms with Crippen molar-refractivity contribution in [2.24, 2.45) is 5.10 Å². The first-order valence-corrected chi connectivity index (χ1v) is 10.7. The maximum atomic E-state index is 13.3. The van der Waals surface area contributed by atoms with Gasteiger partial charge in [-0.25, -0.2) is 14.6 Å². The summed E-state index contributed by atoms with van der Waals surface area (Å²) in [4.78, 5) is 26.8. The van der Waals surface area contributed by atoms with E-state index in [1.54, 1.807) is 0 Å². The minimum Gasteiger partial charge on any atom is -0.480 e. The van der Waals surface area contributed by atoms with Crippen molar-refractivity contribution in [3.05, 3.63) is 108 Å². The van der Waals surface area contributed by atoms with Crippen molar-refractivity contribution in [1.82, 2.24) is 9.91 Å². The van der Waals surface area contributed by atoms with Gasteiger partial charge in [0.2, 0.25) is 0 Å². The third-order valence-corrected chi connectivity index (χ3v) is 5.48. The molecule has 0 unspecified atom stereocenters. The van der Waals surface area contributed by atoms with Crippen LogP contribution < -0.4 is 0 Å². The monoisotopic (exact) mass is 427 g/mol. The summed E-state index contributed by atoms with van der Waals surface area (Å²) in [5, 5.41) is 16.0. The SMILES string of the molecule is O=C(O)[C@@H](Cc1ccccc1)N1CCCN(N=C(c2ccccc2)c2ccccc2)C1=O. The zero-order valence-electron chi connectivity index (χ0n) is 17.7. The van der Waals surface area contributed by atoms with Gasteiger partial charge in [-0.1, -0.05) is 91.0 Å². The third kappa shape index (κ3) is 4.86. The molecule has 0 aliphatic carbocycles. The molecule has 1 heterocycles. The van der Waals surface area contributed by atoms with E-state index in [4.69, 9.17) is 5.10 Å². The topological polar surface area (TPSA) is 73.2 Å². The summed E-state index contributed by atoms with van der Waals surface area (Å²) in [6.45, 7) is 0.830. The maximum Gasteiger partial charge on any atom is 0.341 e. The molecule has 1 atom stereocenters. The molecule has 0 spiro atoms. The Balaban J connectivity index is 1.65. The second-order valence-corrected chi connectivity index (χ2v) is 7.68. The molecule has 6 nitrogen and oxygen atoms in total. The molecule has 162 valence electrons. The minimum atomic E-state index is -1.01. The molecule has 2 amide bonds. The number of urea groups is 1. The van der Waals surface area contributed by atoms with Gasteiger partial charge in [0.1, 0.15) is 6.04 Å². The molecule has 1 aliphatic heterocycles. The third-order valence-electron chi connectivity index (χ3n) is 5.48. The van der Waals surface area contributed by atoms with Gasteiger partial charge in [0.15, 0.2) is 0 Å². The van der Waals surface area contributed by atoms with Crippen LogP contribution in [0.2, 0.25) is 0 Å². The van der Waals surface area contributed by atoms with E-state index >= 15 is 0 Å². The van der Waals surface area contributed by atoms with Crippen molar-refractivity contribution in [2.45, 2.75) is 18.9 Å². The van der Waals surface area contributed by atoms with Gasteiger partial charge in [0, 0.05) is 30.6 Å². The van der Waals surface area contributed by atoms with Crippen LogP contribution in [0, 0.1) is 0 Å². The Kier molecular flexibility index (Phi) is 6.60. The van der Waals surface area contributed by atoms with Crippen molar-refractivity contribution >= 4 is 17.7 Å². The lowest BCUT2D eigenvalue weighted by atomic mass is 10.0. The molecule has 1 N–H and O–H groups in total. The first-order valence-electron chi connectivity index (χ1n) is 10.7. The number of carbonyl (C=O) groups is 2. The lowest BCUT2D eigenvalue weighted by molar-refractivity contribution is -0.142. The molecule has 0 saturated carbocycles. The minimum absolute atomic E-state index is 0.254. The van der Waals surface area contributed by atoms with Crippen LogP contribution in [0.25, 0.3) is 0 Å². The average Bonchev–Trinajstić information content (AvgIpc) is 2.84. The standard InChI is InChI=1S/C26H25N3O3/c30-25(31)23(19-20-11-4-1-5-12-20)28-17-10-18-29(26(28)32)27-24(21-13-6-2-7-14-21)22-15-8-3-9-16-22/h1-9,11-16,23H,10,17-19H2,(H,30,31)/t23-/m1/s1.